The van der Waals surface area contributed by atoms with Crippen LogP contribution >= 0.6 is 0 Å². The molecular formula is C14H19NO4. The Morgan fingerprint density at radius 2 is 2.37 bits per heavy atom. The van der Waals surface area contributed by atoms with E-state index in [-0.39, 0.29) is 24.0 Å². The fourth-order valence-corrected chi connectivity index (χ4v) is 3.47. The summed E-state index contributed by atoms with van der Waals surface area (Å²) >= 11 is 0. The summed E-state index contributed by atoms with van der Waals surface area (Å²) in [6.45, 7) is 6.59. The molecule has 2 fully saturated rings. The second kappa shape index (κ2) is 4.07. The topological polar surface area (TPSA) is 55.8 Å². The fraction of sp³-hybridized carbons (Fsp3) is 0.714. The quantitative estimate of drug-likeness (QED) is 0.558. The van der Waals surface area contributed by atoms with Gasteiger partial charge in [-0.3, -0.25) is 9.59 Å². The molecule has 3 heterocycles. The molecule has 1 spiro atoms. The van der Waals surface area contributed by atoms with Gasteiger partial charge in [0.1, 0.15) is 11.5 Å². The molecule has 0 radical (unpaired) electrons. The van der Waals surface area contributed by atoms with E-state index in [0.29, 0.717) is 13.2 Å². The van der Waals surface area contributed by atoms with Crippen LogP contribution in [0.4, 0.5) is 0 Å². The molecule has 5 heteroatoms. The first kappa shape index (κ1) is 12.7. The largest absolute Gasteiger partial charge is 0.466 e. The van der Waals surface area contributed by atoms with Gasteiger partial charge >= 0.3 is 5.97 Å². The Bertz CT molecular complexity index is 458. The zero-order valence-corrected chi connectivity index (χ0v) is 11.5. The van der Waals surface area contributed by atoms with Crippen LogP contribution in [0, 0.1) is 11.8 Å². The molecule has 1 unspecified atom stereocenters. The van der Waals surface area contributed by atoms with Crippen molar-refractivity contribution in [2.45, 2.75) is 38.5 Å². The number of carbonyl (C=O) groups is 2. The molecule has 0 aromatic rings. The molecule has 104 valence electrons. The van der Waals surface area contributed by atoms with E-state index in [9.17, 15) is 9.59 Å². The predicted octanol–water partition coefficient (Wildman–Crippen LogP) is 0.740. The molecule has 19 heavy (non-hydrogen) atoms. The Morgan fingerprint density at radius 1 is 1.63 bits per heavy atom. The molecule has 3 rings (SSSR count). The van der Waals surface area contributed by atoms with Gasteiger partial charge in [-0.05, 0) is 20.8 Å². The molecule has 0 N–H and O–H groups in total. The molecule has 2 bridgehead atoms. The van der Waals surface area contributed by atoms with Gasteiger partial charge in [0.15, 0.2) is 0 Å². The molecule has 5 nitrogen and oxygen atoms in total. The average Bonchev–Trinajstić information content (AvgIpc) is 2.98. The van der Waals surface area contributed by atoms with Gasteiger partial charge < -0.3 is 14.4 Å². The van der Waals surface area contributed by atoms with Gasteiger partial charge in [-0.2, -0.15) is 0 Å². The van der Waals surface area contributed by atoms with Crippen molar-refractivity contribution < 1.29 is 19.1 Å². The number of hydrogen-bond acceptors (Lipinski definition) is 4. The van der Waals surface area contributed by atoms with Crippen molar-refractivity contribution in [2.24, 2.45) is 11.8 Å². The Morgan fingerprint density at radius 3 is 3.00 bits per heavy atom. The van der Waals surface area contributed by atoms with Gasteiger partial charge in [0.05, 0.1) is 25.2 Å². The Hall–Kier alpha value is -1.36. The molecule has 1 amide bonds. The molecule has 0 aromatic carbocycles. The normalized spacial score (nSPS) is 39.3. The maximum atomic E-state index is 12.5. The number of rotatable bonds is 3. The van der Waals surface area contributed by atoms with Gasteiger partial charge in [0.25, 0.3) is 0 Å². The van der Waals surface area contributed by atoms with Gasteiger partial charge in [-0.25, -0.2) is 0 Å². The van der Waals surface area contributed by atoms with Crippen LogP contribution in [-0.2, 0) is 19.1 Å². The van der Waals surface area contributed by atoms with Crippen LogP contribution in [0.2, 0.25) is 0 Å². The van der Waals surface area contributed by atoms with Gasteiger partial charge in [0.2, 0.25) is 5.91 Å². The van der Waals surface area contributed by atoms with Crippen molar-refractivity contribution >= 4 is 11.9 Å². The molecule has 4 atom stereocenters. The minimum Gasteiger partial charge on any atom is -0.466 e. The van der Waals surface area contributed by atoms with E-state index in [1.54, 1.807) is 11.8 Å². The Kier molecular flexibility index (Phi) is 2.71. The molecule has 2 saturated heterocycles. The SMILES string of the molecule is CCOC(=O)C1[C@H]2C(=O)N(C(C)C)C[C@]23C=C[C@H]1O3. The zero-order chi connectivity index (χ0) is 13.8. The van der Waals surface area contributed by atoms with Gasteiger partial charge in [-0.15, -0.1) is 0 Å². The summed E-state index contributed by atoms with van der Waals surface area (Å²) < 4.78 is 11.0. The summed E-state index contributed by atoms with van der Waals surface area (Å²) in [5, 5.41) is 0. The van der Waals surface area contributed by atoms with Crippen LogP contribution in [-0.4, -0.2) is 47.7 Å². The van der Waals surface area contributed by atoms with Crippen LogP contribution in [0.5, 0.6) is 0 Å². The second-order valence-electron chi connectivity index (χ2n) is 5.71. The monoisotopic (exact) mass is 265 g/mol. The van der Waals surface area contributed by atoms with Crippen LogP contribution < -0.4 is 0 Å². The number of esters is 1. The fourth-order valence-electron chi connectivity index (χ4n) is 3.47. The molecule has 3 aliphatic heterocycles. The third-order valence-corrected chi connectivity index (χ3v) is 4.31. The van der Waals surface area contributed by atoms with Crippen molar-refractivity contribution in [3.63, 3.8) is 0 Å². The van der Waals surface area contributed by atoms with E-state index in [2.05, 4.69) is 0 Å². The predicted molar refractivity (Wildman–Crippen MR) is 67.2 cm³/mol. The number of nitrogens with zero attached hydrogens (tertiary/aromatic N) is 1. The summed E-state index contributed by atoms with van der Waals surface area (Å²) in [5.41, 5.74) is -0.608. The number of ether oxygens (including phenoxy) is 2. The molecule has 3 aliphatic rings. The second-order valence-corrected chi connectivity index (χ2v) is 5.71. The van der Waals surface area contributed by atoms with E-state index in [4.69, 9.17) is 9.47 Å². The first-order valence-electron chi connectivity index (χ1n) is 6.84. The van der Waals surface area contributed by atoms with Crippen molar-refractivity contribution in [1.82, 2.24) is 4.90 Å². The third kappa shape index (κ3) is 1.57. The van der Waals surface area contributed by atoms with Crippen LogP contribution in [0.15, 0.2) is 12.2 Å². The maximum Gasteiger partial charge on any atom is 0.312 e. The lowest BCUT2D eigenvalue weighted by atomic mass is 9.77. The number of likely N-dealkylation sites (tertiary alicyclic amines) is 1. The van der Waals surface area contributed by atoms with E-state index < -0.39 is 17.4 Å². The lowest BCUT2D eigenvalue weighted by Gasteiger charge is -2.24. The summed E-state index contributed by atoms with van der Waals surface area (Å²) in [7, 11) is 0. The standard InChI is InChI=1S/C14H19NO4/c1-4-18-13(17)10-9-5-6-14(19-9)7-15(8(2)3)12(16)11(10)14/h5-6,8-11H,4,7H2,1-3H3/t9-,10?,11+,14-/m1/s1. The highest BCUT2D eigenvalue weighted by molar-refractivity contribution is 5.91. The van der Waals surface area contributed by atoms with Crippen LogP contribution in [0.25, 0.3) is 0 Å². The summed E-state index contributed by atoms with van der Waals surface area (Å²) in [4.78, 5) is 26.4. The molecule has 0 aliphatic carbocycles. The molecular weight excluding hydrogens is 246 g/mol. The van der Waals surface area contributed by atoms with Crippen molar-refractivity contribution in [3.05, 3.63) is 12.2 Å². The number of amides is 1. The highest BCUT2D eigenvalue weighted by atomic mass is 16.6. The smallest absolute Gasteiger partial charge is 0.312 e. The number of fused-ring (bicyclic) bond motifs is 1. The van der Waals surface area contributed by atoms with Gasteiger partial charge in [-0.1, -0.05) is 12.2 Å². The van der Waals surface area contributed by atoms with Gasteiger partial charge in [0, 0.05) is 6.04 Å². The van der Waals surface area contributed by atoms with Crippen LogP contribution in [0.3, 0.4) is 0 Å². The van der Waals surface area contributed by atoms with E-state index in [1.807, 2.05) is 26.0 Å². The lowest BCUT2D eigenvalue weighted by molar-refractivity contribution is -0.153. The molecule has 0 saturated carbocycles. The van der Waals surface area contributed by atoms with Crippen LogP contribution in [0.1, 0.15) is 20.8 Å². The summed E-state index contributed by atoms with van der Waals surface area (Å²) in [6.07, 6.45) is 3.55. The Balaban J connectivity index is 1.93. The first-order chi connectivity index (χ1) is 9.00. The summed E-state index contributed by atoms with van der Waals surface area (Å²) in [6, 6.07) is 0.117. The Labute approximate surface area is 112 Å². The van der Waals surface area contributed by atoms with E-state index in [0.717, 1.165) is 0 Å². The van der Waals surface area contributed by atoms with E-state index >= 15 is 0 Å². The molecule has 0 aromatic heterocycles. The minimum atomic E-state index is -0.608. The van der Waals surface area contributed by atoms with Crippen molar-refractivity contribution in [3.8, 4) is 0 Å². The minimum absolute atomic E-state index is 0.0138. The number of hydrogen-bond donors (Lipinski definition) is 0. The first-order valence-corrected chi connectivity index (χ1v) is 6.84. The highest BCUT2D eigenvalue weighted by Crippen LogP contribution is 2.52. The number of carbonyl (C=O) groups excluding carboxylic acids is 2. The zero-order valence-electron chi connectivity index (χ0n) is 11.5. The highest BCUT2D eigenvalue weighted by Gasteiger charge is 2.67. The maximum absolute atomic E-state index is 12.5. The van der Waals surface area contributed by atoms with Crippen molar-refractivity contribution in [2.75, 3.05) is 13.2 Å². The third-order valence-electron chi connectivity index (χ3n) is 4.31. The lowest BCUT2D eigenvalue weighted by Crippen LogP contribution is -2.40. The average molecular weight is 265 g/mol. The van der Waals surface area contributed by atoms with E-state index in [1.165, 1.54) is 0 Å². The summed E-state index contributed by atoms with van der Waals surface area (Å²) in [5.74, 6) is -1.20. The van der Waals surface area contributed by atoms with Crippen molar-refractivity contribution in [1.29, 1.82) is 0 Å².